The van der Waals surface area contributed by atoms with E-state index in [9.17, 15) is 14.4 Å². The number of esters is 1. The van der Waals surface area contributed by atoms with E-state index in [1.54, 1.807) is 48.5 Å². The van der Waals surface area contributed by atoms with Crippen molar-refractivity contribution in [3.05, 3.63) is 54.1 Å². The molecule has 0 bridgehead atoms. The normalized spacial score (nSPS) is 12.8. The predicted molar refractivity (Wildman–Crippen MR) is 99.7 cm³/mol. The highest BCUT2D eigenvalue weighted by atomic mass is 16.5. The quantitative estimate of drug-likeness (QED) is 0.733. The van der Waals surface area contributed by atoms with E-state index in [0.717, 1.165) is 12.8 Å². The Kier molecular flexibility index (Phi) is 5.71. The molecule has 0 radical (unpaired) electrons. The van der Waals surface area contributed by atoms with Crippen molar-refractivity contribution >= 4 is 29.2 Å². The number of carbonyl (C=O) groups excluding carboxylic acids is 3. The lowest BCUT2D eigenvalue weighted by atomic mass is 10.2. The van der Waals surface area contributed by atoms with Crippen molar-refractivity contribution in [1.82, 2.24) is 0 Å². The van der Waals surface area contributed by atoms with Crippen LogP contribution in [0.2, 0.25) is 0 Å². The first-order chi connectivity index (χ1) is 13.0. The minimum atomic E-state index is -0.615. The molecule has 0 heterocycles. The summed E-state index contributed by atoms with van der Waals surface area (Å²) in [6.45, 7) is -0.407. The van der Waals surface area contributed by atoms with Crippen LogP contribution in [0.3, 0.4) is 0 Å². The summed E-state index contributed by atoms with van der Waals surface area (Å²) in [5.41, 5.74) is 1.47. The zero-order valence-electron chi connectivity index (χ0n) is 14.9. The van der Waals surface area contributed by atoms with E-state index in [0.29, 0.717) is 22.7 Å². The van der Waals surface area contributed by atoms with Gasteiger partial charge in [-0.1, -0.05) is 6.07 Å². The van der Waals surface area contributed by atoms with Gasteiger partial charge in [0, 0.05) is 23.4 Å². The van der Waals surface area contributed by atoms with E-state index in [1.165, 1.54) is 7.11 Å². The second-order valence-electron chi connectivity index (χ2n) is 6.20. The summed E-state index contributed by atoms with van der Waals surface area (Å²) in [5.74, 6) is -0.350. The summed E-state index contributed by atoms with van der Waals surface area (Å²) >= 11 is 0. The van der Waals surface area contributed by atoms with Crippen LogP contribution in [0, 0.1) is 5.92 Å². The molecule has 2 aromatic carbocycles. The zero-order valence-corrected chi connectivity index (χ0v) is 14.9. The van der Waals surface area contributed by atoms with Gasteiger partial charge in [-0.15, -0.1) is 0 Å². The Labute approximate surface area is 156 Å². The highest BCUT2D eigenvalue weighted by Crippen LogP contribution is 2.30. The van der Waals surface area contributed by atoms with Gasteiger partial charge in [0.25, 0.3) is 5.91 Å². The van der Waals surface area contributed by atoms with Gasteiger partial charge < -0.3 is 20.1 Å². The van der Waals surface area contributed by atoms with E-state index in [-0.39, 0.29) is 11.8 Å². The average molecular weight is 368 g/mol. The Bertz CT molecular complexity index is 844. The van der Waals surface area contributed by atoms with E-state index < -0.39 is 18.5 Å². The molecule has 0 saturated heterocycles. The molecule has 1 aliphatic carbocycles. The zero-order chi connectivity index (χ0) is 19.2. The first-order valence-corrected chi connectivity index (χ1v) is 8.57. The molecule has 0 spiro atoms. The maximum atomic E-state index is 12.0. The lowest BCUT2D eigenvalue weighted by Crippen LogP contribution is -2.21. The second-order valence-corrected chi connectivity index (χ2v) is 6.20. The number of hydrogen-bond acceptors (Lipinski definition) is 5. The number of amides is 2. The molecule has 140 valence electrons. The fraction of sp³-hybridized carbons (Fsp3) is 0.250. The summed E-state index contributed by atoms with van der Waals surface area (Å²) < 4.78 is 10.1. The minimum Gasteiger partial charge on any atom is -0.497 e. The molecule has 0 aliphatic heterocycles. The maximum Gasteiger partial charge on any atom is 0.338 e. The summed E-state index contributed by atoms with van der Waals surface area (Å²) in [6.07, 6.45) is 1.85. The minimum absolute atomic E-state index is 0.000426. The van der Waals surface area contributed by atoms with Crippen molar-refractivity contribution in [2.45, 2.75) is 12.8 Å². The number of anilines is 2. The van der Waals surface area contributed by atoms with Gasteiger partial charge in [0.1, 0.15) is 5.75 Å². The monoisotopic (exact) mass is 368 g/mol. The first kappa shape index (κ1) is 18.4. The molecule has 27 heavy (non-hydrogen) atoms. The van der Waals surface area contributed by atoms with Crippen molar-refractivity contribution in [3.8, 4) is 5.75 Å². The smallest absolute Gasteiger partial charge is 0.338 e. The molecule has 2 aromatic rings. The fourth-order valence-electron chi connectivity index (χ4n) is 2.39. The molecule has 0 unspecified atom stereocenters. The number of rotatable bonds is 7. The molecule has 7 heteroatoms. The van der Waals surface area contributed by atoms with Crippen LogP contribution < -0.4 is 15.4 Å². The number of nitrogens with one attached hydrogen (secondary N) is 2. The topological polar surface area (TPSA) is 93.7 Å². The lowest BCUT2D eigenvalue weighted by Gasteiger charge is -2.08. The summed E-state index contributed by atoms with van der Waals surface area (Å²) in [6, 6.07) is 13.2. The highest BCUT2D eigenvalue weighted by Gasteiger charge is 2.29. The van der Waals surface area contributed by atoms with Crippen LogP contribution >= 0.6 is 0 Å². The summed E-state index contributed by atoms with van der Waals surface area (Å²) in [7, 11) is 1.53. The lowest BCUT2D eigenvalue weighted by molar-refractivity contribution is -0.119. The van der Waals surface area contributed by atoms with Gasteiger partial charge in [-0.05, 0) is 49.2 Å². The molecule has 7 nitrogen and oxygen atoms in total. The third-order valence-electron chi connectivity index (χ3n) is 4.02. The van der Waals surface area contributed by atoms with Gasteiger partial charge in [-0.25, -0.2) is 4.79 Å². The van der Waals surface area contributed by atoms with Crippen molar-refractivity contribution in [3.63, 3.8) is 0 Å². The fourth-order valence-corrected chi connectivity index (χ4v) is 2.39. The Morgan fingerprint density at radius 1 is 1.00 bits per heavy atom. The molecule has 2 N–H and O–H groups in total. The van der Waals surface area contributed by atoms with Crippen molar-refractivity contribution in [2.75, 3.05) is 24.4 Å². The maximum absolute atomic E-state index is 12.0. The number of hydrogen-bond donors (Lipinski definition) is 2. The van der Waals surface area contributed by atoms with Gasteiger partial charge in [0.15, 0.2) is 6.61 Å². The van der Waals surface area contributed by atoms with Gasteiger partial charge in [-0.2, -0.15) is 0 Å². The summed E-state index contributed by atoms with van der Waals surface area (Å²) in [5, 5.41) is 5.42. The Hall–Kier alpha value is -3.35. The van der Waals surface area contributed by atoms with Gasteiger partial charge in [0.2, 0.25) is 5.91 Å². The third-order valence-corrected chi connectivity index (χ3v) is 4.02. The van der Waals surface area contributed by atoms with Crippen molar-refractivity contribution < 1.29 is 23.9 Å². The standard InChI is InChI=1S/C20H20N2O5/c1-26-17-4-2-3-16(11-17)21-18(23)12-27-20(25)14-7-9-15(10-8-14)22-19(24)13-5-6-13/h2-4,7-11,13H,5-6,12H2,1H3,(H,21,23)(H,22,24). The molecule has 1 saturated carbocycles. The number of methoxy groups -OCH3 is 1. The molecule has 3 rings (SSSR count). The van der Waals surface area contributed by atoms with Crippen molar-refractivity contribution in [2.24, 2.45) is 5.92 Å². The number of benzene rings is 2. The molecule has 0 aromatic heterocycles. The van der Waals surface area contributed by atoms with Crippen LogP contribution in [0.5, 0.6) is 5.75 Å². The van der Waals surface area contributed by atoms with Gasteiger partial charge in [0.05, 0.1) is 12.7 Å². The van der Waals surface area contributed by atoms with Crippen LogP contribution in [0.4, 0.5) is 11.4 Å². The van der Waals surface area contributed by atoms with Gasteiger partial charge >= 0.3 is 5.97 Å². The largest absolute Gasteiger partial charge is 0.497 e. The van der Waals surface area contributed by atoms with E-state index in [4.69, 9.17) is 9.47 Å². The van der Waals surface area contributed by atoms with Crippen LogP contribution in [0.1, 0.15) is 23.2 Å². The molecular weight excluding hydrogens is 348 g/mol. The van der Waals surface area contributed by atoms with E-state index >= 15 is 0 Å². The Morgan fingerprint density at radius 2 is 1.74 bits per heavy atom. The second kappa shape index (κ2) is 8.35. The number of ether oxygens (including phenoxy) is 2. The molecule has 1 fully saturated rings. The Balaban J connectivity index is 1.47. The van der Waals surface area contributed by atoms with E-state index in [1.807, 2.05) is 0 Å². The highest BCUT2D eigenvalue weighted by molar-refractivity contribution is 5.97. The Morgan fingerprint density at radius 3 is 2.41 bits per heavy atom. The molecular formula is C20H20N2O5. The van der Waals surface area contributed by atoms with Crippen LogP contribution in [0.15, 0.2) is 48.5 Å². The third kappa shape index (κ3) is 5.31. The molecule has 0 atom stereocenters. The number of carbonyl (C=O) groups is 3. The van der Waals surface area contributed by atoms with Crippen molar-refractivity contribution in [1.29, 1.82) is 0 Å². The summed E-state index contributed by atoms with van der Waals surface area (Å²) in [4.78, 5) is 35.7. The van der Waals surface area contributed by atoms with Crippen LogP contribution in [0.25, 0.3) is 0 Å². The van der Waals surface area contributed by atoms with Gasteiger partial charge in [-0.3, -0.25) is 9.59 Å². The molecule has 1 aliphatic rings. The molecule has 2 amide bonds. The SMILES string of the molecule is COc1cccc(NC(=O)COC(=O)c2ccc(NC(=O)C3CC3)cc2)c1. The average Bonchev–Trinajstić information content (AvgIpc) is 3.52. The first-order valence-electron chi connectivity index (χ1n) is 8.57. The predicted octanol–water partition coefficient (Wildman–Crippen LogP) is 2.84. The van der Waals surface area contributed by atoms with Crippen LogP contribution in [-0.2, 0) is 14.3 Å². The van der Waals surface area contributed by atoms with E-state index in [2.05, 4.69) is 10.6 Å². The van der Waals surface area contributed by atoms with Crippen LogP contribution in [-0.4, -0.2) is 31.5 Å².